The van der Waals surface area contributed by atoms with Gasteiger partial charge in [0, 0.05) is 24.5 Å². The molecule has 0 aliphatic carbocycles. The summed E-state index contributed by atoms with van der Waals surface area (Å²) in [6.45, 7) is 0.213. The normalized spacial score (nSPS) is 15.7. The molecule has 1 heterocycles. The van der Waals surface area contributed by atoms with E-state index in [1.807, 2.05) is 0 Å². The Hall–Kier alpha value is -1.90. The fourth-order valence-corrected chi connectivity index (χ4v) is 3.45. The Bertz CT molecular complexity index is 734. The molecule has 1 fully saturated rings. The van der Waals surface area contributed by atoms with Crippen LogP contribution in [0.15, 0.2) is 29.2 Å². The second-order valence-corrected chi connectivity index (χ2v) is 7.24. The van der Waals surface area contributed by atoms with E-state index in [2.05, 4.69) is 5.32 Å². The van der Waals surface area contributed by atoms with Crippen molar-refractivity contribution in [2.75, 3.05) is 13.1 Å². The van der Waals surface area contributed by atoms with E-state index in [9.17, 15) is 14.4 Å². The standard InChI is InChI=1S/C16H15ClN2O4S2/c17-11-3-1-10(2-4-11)9-12-15(23)19(16(24)25-12)8-6-13(20)18-7-5-14(21)22/h1-4,9H,5-8H2,(H,18,20)(H,21,22)/b12-9-. The van der Waals surface area contributed by atoms with E-state index in [0.29, 0.717) is 14.2 Å². The molecule has 25 heavy (non-hydrogen) atoms. The number of hydrogen-bond acceptors (Lipinski definition) is 5. The molecule has 0 aromatic heterocycles. The first-order chi connectivity index (χ1) is 11.9. The highest BCUT2D eigenvalue weighted by Gasteiger charge is 2.32. The molecule has 0 atom stereocenters. The lowest BCUT2D eigenvalue weighted by Crippen LogP contribution is -2.34. The number of carboxylic acid groups (broad SMARTS) is 1. The van der Waals surface area contributed by atoms with Crippen molar-refractivity contribution in [1.29, 1.82) is 0 Å². The number of carbonyl (C=O) groups is 3. The van der Waals surface area contributed by atoms with Gasteiger partial charge in [0.25, 0.3) is 5.91 Å². The van der Waals surface area contributed by atoms with Crippen LogP contribution in [-0.2, 0) is 14.4 Å². The maximum atomic E-state index is 12.4. The number of thioether (sulfide) groups is 1. The lowest BCUT2D eigenvalue weighted by atomic mass is 10.2. The number of thiocarbonyl (C=S) groups is 1. The molecule has 132 valence electrons. The quantitative estimate of drug-likeness (QED) is 0.542. The summed E-state index contributed by atoms with van der Waals surface area (Å²) in [6.07, 6.45) is 1.64. The number of nitrogens with zero attached hydrogens (tertiary/aromatic N) is 1. The van der Waals surface area contributed by atoms with E-state index < -0.39 is 5.97 Å². The summed E-state index contributed by atoms with van der Waals surface area (Å²) in [4.78, 5) is 36.4. The minimum atomic E-state index is -0.982. The van der Waals surface area contributed by atoms with Gasteiger partial charge in [-0.1, -0.05) is 47.7 Å². The van der Waals surface area contributed by atoms with Gasteiger partial charge in [-0.3, -0.25) is 19.3 Å². The van der Waals surface area contributed by atoms with Crippen molar-refractivity contribution in [3.05, 3.63) is 39.8 Å². The Kier molecular flexibility index (Phi) is 6.98. The molecule has 9 heteroatoms. The van der Waals surface area contributed by atoms with Gasteiger partial charge in [0.1, 0.15) is 4.32 Å². The van der Waals surface area contributed by atoms with Crippen LogP contribution in [0.1, 0.15) is 18.4 Å². The molecule has 2 N–H and O–H groups in total. The SMILES string of the molecule is O=C(O)CCNC(=O)CCN1C(=O)/C(=C/c2ccc(Cl)cc2)SC1=S. The van der Waals surface area contributed by atoms with Crippen LogP contribution >= 0.6 is 35.6 Å². The molecule has 2 amide bonds. The number of carboxylic acids is 1. The predicted octanol–water partition coefficient (Wildman–Crippen LogP) is 2.52. The molecule has 0 saturated carbocycles. The third-order valence-electron chi connectivity index (χ3n) is 3.26. The fraction of sp³-hybridized carbons (Fsp3) is 0.250. The molecular weight excluding hydrogens is 384 g/mol. The number of aliphatic carboxylic acids is 1. The lowest BCUT2D eigenvalue weighted by Gasteiger charge is -2.13. The van der Waals surface area contributed by atoms with E-state index in [1.54, 1.807) is 30.3 Å². The van der Waals surface area contributed by atoms with Crippen molar-refractivity contribution >= 4 is 63.8 Å². The topological polar surface area (TPSA) is 86.7 Å². The first-order valence-electron chi connectivity index (χ1n) is 7.36. The Morgan fingerprint density at radius 1 is 1.28 bits per heavy atom. The average Bonchev–Trinajstić information content (AvgIpc) is 2.81. The molecule has 0 spiro atoms. The maximum absolute atomic E-state index is 12.4. The van der Waals surface area contributed by atoms with Crippen molar-refractivity contribution in [3.8, 4) is 0 Å². The molecular formula is C16H15ClN2O4S2. The van der Waals surface area contributed by atoms with Gasteiger partial charge in [0.15, 0.2) is 0 Å². The molecule has 0 radical (unpaired) electrons. The van der Waals surface area contributed by atoms with Gasteiger partial charge in [0.05, 0.1) is 11.3 Å². The van der Waals surface area contributed by atoms with Crippen LogP contribution in [0.3, 0.4) is 0 Å². The smallest absolute Gasteiger partial charge is 0.305 e. The third kappa shape index (κ3) is 5.84. The summed E-state index contributed by atoms with van der Waals surface area (Å²) in [5.74, 6) is -1.55. The van der Waals surface area contributed by atoms with E-state index in [1.165, 1.54) is 16.7 Å². The Labute approximate surface area is 159 Å². The predicted molar refractivity (Wildman–Crippen MR) is 101 cm³/mol. The molecule has 0 unspecified atom stereocenters. The largest absolute Gasteiger partial charge is 0.481 e. The second-order valence-electron chi connectivity index (χ2n) is 5.13. The summed E-state index contributed by atoms with van der Waals surface area (Å²) in [7, 11) is 0. The first kappa shape index (κ1) is 19.4. The van der Waals surface area contributed by atoms with Gasteiger partial charge in [-0.2, -0.15) is 0 Å². The fourth-order valence-electron chi connectivity index (χ4n) is 2.01. The van der Waals surface area contributed by atoms with Crippen molar-refractivity contribution in [2.24, 2.45) is 0 Å². The van der Waals surface area contributed by atoms with Crippen molar-refractivity contribution in [1.82, 2.24) is 10.2 Å². The zero-order chi connectivity index (χ0) is 18.4. The number of amides is 2. The number of carbonyl (C=O) groups excluding carboxylic acids is 2. The van der Waals surface area contributed by atoms with Crippen LogP contribution in [0.2, 0.25) is 5.02 Å². The number of hydrogen-bond donors (Lipinski definition) is 2. The molecule has 2 rings (SSSR count). The zero-order valence-electron chi connectivity index (χ0n) is 13.0. The average molecular weight is 399 g/mol. The highest BCUT2D eigenvalue weighted by atomic mass is 35.5. The summed E-state index contributed by atoms with van der Waals surface area (Å²) < 4.78 is 0.392. The zero-order valence-corrected chi connectivity index (χ0v) is 15.4. The first-order valence-corrected chi connectivity index (χ1v) is 8.96. The number of rotatable bonds is 7. The minimum Gasteiger partial charge on any atom is -0.481 e. The summed E-state index contributed by atoms with van der Waals surface area (Å²) in [5, 5.41) is 11.6. The van der Waals surface area contributed by atoms with Crippen LogP contribution in [0, 0.1) is 0 Å². The molecule has 0 bridgehead atoms. The second kappa shape index (κ2) is 8.98. The molecule has 1 aromatic rings. The maximum Gasteiger partial charge on any atom is 0.305 e. The van der Waals surface area contributed by atoms with Crippen LogP contribution < -0.4 is 5.32 Å². The lowest BCUT2D eigenvalue weighted by molar-refractivity contribution is -0.136. The third-order valence-corrected chi connectivity index (χ3v) is 4.89. The molecule has 1 aromatic carbocycles. The number of halogens is 1. The highest BCUT2D eigenvalue weighted by molar-refractivity contribution is 8.26. The van der Waals surface area contributed by atoms with Gasteiger partial charge in [-0.15, -0.1) is 0 Å². The van der Waals surface area contributed by atoms with Crippen molar-refractivity contribution in [3.63, 3.8) is 0 Å². The van der Waals surface area contributed by atoms with E-state index in [-0.39, 0.29) is 37.7 Å². The van der Waals surface area contributed by atoms with E-state index in [0.717, 1.165) is 5.56 Å². The Morgan fingerprint density at radius 2 is 1.96 bits per heavy atom. The van der Waals surface area contributed by atoms with Crippen LogP contribution in [0.4, 0.5) is 0 Å². The van der Waals surface area contributed by atoms with Crippen LogP contribution in [0.25, 0.3) is 6.08 Å². The van der Waals surface area contributed by atoms with Gasteiger partial charge in [0.2, 0.25) is 5.91 Å². The monoisotopic (exact) mass is 398 g/mol. The molecule has 1 aliphatic rings. The molecule has 6 nitrogen and oxygen atoms in total. The van der Waals surface area contributed by atoms with Crippen molar-refractivity contribution in [2.45, 2.75) is 12.8 Å². The highest BCUT2D eigenvalue weighted by Crippen LogP contribution is 2.32. The van der Waals surface area contributed by atoms with E-state index in [4.69, 9.17) is 28.9 Å². The molecule has 1 aliphatic heterocycles. The van der Waals surface area contributed by atoms with E-state index >= 15 is 0 Å². The summed E-state index contributed by atoms with van der Waals surface area (Å²) >= 11 is 12.2. The summed E-state index contributed by atoms with van der Waals surface area (Å²) in [6, 6.07) is 7.06. The van der Waals surface area contributed by atoms with Gasteiger partial charge in [-0.25, -0.2) is 0 Å². The Morgan fingerprint density at radius 3 is 2.60 bits per heavy atom. The van der Waals surface area contributed by atoms with Crippen LogP contribution in [-0.4, -0.2) is 45.2 Å². The molecule has 1 saturated heterocycles. The van der Waals surface area contributed by atoms with Gasteiger partial charge < -0.3 is 10.4 Å². The van der Waals surface area contributed by atoms with Gasteiger partial charge >= 0.3 is 5.97 Å². The number of nitrogens with one attached hydrogen (secondary N) is 1. The Balaban J connectivity index is 1.91. The van der Waals surface area contributed by atoms with Crippen LogP contribution in [0.5, 0.6) is 0 Å². The van der Waals surface area contributed by atoms with Crippen molar-refractivity contribution < 1.29 is 19.5 Å². The minimum absolute atomic E-state index is 0.0558. The number of benzene rings is 1. The van der Waals surface area contributed by atoms with Gasteiger partial charge in [-0.05, 0) is 23.8 Å². The summed E-state index contributed by atoms with van der Waals surface area (Å²) in [5.41, 5.74) is 0.830.